The molecule has 1 saturated heterocycles. The van der Waals surface area contributed by atoms with Crippen LogP contribution in [0.5, 0.6) is 0 Å². The highest BCUT2D eigenvalue weighted by atomic mass is 32.1. The lowest BCUT2D eigenvalue weighted by atomic mass is 9.57. The topological polar surface area (TPSA) is 60.0 Å². The molecule has 4 aromatic rings. The van der Waals surface area contributed by atoms with E-state index in [-0.39, 0.29) is 0 Å². The van der Waals surface area contributed by atoms with Crippen LogP contribution in [0.15, 0.2) is 24.5 Å². The zero-order valence-electron chi connectivity index (χ0n) is 16.3. The first-order valence-electron chi connectivity index (χ1n) is 10.1. The van der Waals surface area contributed by atoms with E-state index in [2.05, 4.69) is 41.9 Å². The van der Waals surface area contributed by atoms with Gasteiger partial charge in [-0.25, -0.2) is 9.50 Å². The van der Waals surface area contributed by atoms with E-state index < -0.39 is 0 Å². The van der Waals surface area contributed by atoms with Crippen molar-refractivity contribution in [1.29, 1.82) is 0 Å². The average molecular weight is 393 g/mol. The number of aryl methyl sites for hydroxylation is 2. The van der Waals surface area contributed by atoms with Gasteiger partial charge in [0.25, 0.3) is 0 Å². The maximum absolute atomic E-state index is 4.93. The summed E-state index contributed by atoms with van der Waals surface area (Å²) < 4.78 is 3.85. The fourth-order valence-corrected chi connectivity index (χ4v) is 6.02. The van der Waals surface area contributed by atoms with Crippen LogP contribution < -0.4 is 5.32 Å². The summed E-state index contributed by atoms with van der Waals surface area (Å²) in [4.78, 5) is 5.93. The van der Waals surface area contributed by atoms with Gasteiger partial charge in [-0.2, -0.15) is 10.2 Å². The van der Waals surface area contributed by atoms with Crippen molar-refractivity contribution < 1.29 is 0 Å². The third kappa shape index (κ3) is 2.53. The molecule has 0 bridgehead atoms. The monoisotopic (exact) mass is 392 g/mol. The Morgan fingerprint density at radius 1 is 1.14 bits per heavy atom. The quantitative estimate of drug-likeness (QED) is 0.562. The Balaban J connectivity index is 1.28. The van der Waals surface area contributed by atoms with Crippen LogP contribution in [0, 0.1) is 12.3 Å². The minimum atomic E-state index is 0.586. The molecule has 4 heterocycles. The zero-order valence-corrected chi connectivity index (χ0v) is 17.1. The van der Waals surface area contributed by atoms with Crippen molar-refractivity contribution in [1.82, 2.24) is 29.7 Å². The minimum Gasteiger partial charge on any atom is -0.317 e. The normalized spacial score (nSPS) is 19.6. The zero-order chi connectivity index (χ0) is 18.9. The molecular weight excluding hydrogens is 368 g/mol. The van der Waals surface area contributed by atoms with Crippen LogP contribution in [-0.2, 0) is 7.05 Å². The number of hydrogen-bond donors (Lipinski definition) is 1. The van der Waals surface area contributed by atoms with E-state index in [0.717, 1.165) is 26.4 Å². The fourth-order valence-electron chi connectivity index (χ4n) is 5.14. The first kappa shape index (κ1) is 16.7. The first-order valence-corrected chi connectivity index (χ1v) is 10.9. The van der Waals surface area contributed by atoms with Crippen LogP contribution in [0.3, 0.4) is 0 Å². The maximum Gasteiger partial charge on any atom is 0.212 e. The Kier molecular flexibility index (Phi) is 3.50. The Morgan fingerprint density at radius 2 is 1.96 bits per heavy atom. The third-order valence-electron chi connectivity index (χ3n) is 6.66. The van der Waals surface area contributed by atoms with Crippen LogP contribution in [0.25, 0.3) is 26.4 Å². The number of fused-ring (bicyclic) bond motifs is 2. The van der Waals surface area contributed by atoms with Gasteiger partial charge in [-0.1, -0.05) is 11.3 Å². The third-order valence-corrected chi connectivity index (χ3v) is 7.64. The van der Waals surface area contributed by atoms with Gasteiger partial charge in [0.05, 0.1) is 17.4 Å². The maximum atomic E-state index is 4.93. The van der Waals surface area contributed by atoms with Crippen molar-refractivity contribution >= 4 is 27.2 Å². The average Bonchev–Trinajstić information content (AvgIpc) is 3.32. The van der Waals surface area contributed by atoms with Gasteiger partial charge in [-0.05, 0) is 68.8 Å². The first-order chi connectivity index (χ1) is 13.6. The van der Waals surface area contributed by atoms with Gasteiger partial charge in [0.15, 0.2) is 0 Å². The molecule has 0 radical (unpaired) electrons. The number of rotatable bonds is 2. The molecule has 7 heteroatoms. The van der Waals surface area contributed by atoms with Crippen molar-refractivity contribution in [3.63, 3.8) is 0 Å². The number of hydrogen-bond acceptors (Lipinski definition) is 5. The minimum absolute atomic E-state index is 0.586. The highest BCUT2D eigenvalue weighted by Gasteiger charge is 2.45. The summed E-state index contributed by atoms with van der Waals surface area (Å²) >= 11 is 1.68. The largest absolute Gasteiger partial charge is 0.317 e. The fraction of sp³-hybridized carbons (Fsp3) is 0.476. The lowest BCUT2D eigenvalue weighted by molar-refractivity contribution is 0.0588. The van der Waals surface area contributed by atoms with Crippen LogP contribution in [0.1, 0.15) is 42.9 Å². The van der Waals surface area contributed by atoms with Gasteiger partial charge in [0, 0.05) is 30.1 Å². The number of piperidine rings is 1. The smallest absolute Gasteiger partial charge is 0.212 e. The molecule has 0 amide bonds. The number of aromatic nitrogens is 5. The lowest BCUT2D eigenvalue weighted by Crippen LogP contribution is -2.44. The van der Waals surface area contributed by atoms with E-state index in [9.17, 15) is 0 Å². The summed E-state index contributed by atoms with van der Waals surface area (Å²) in [7, 11) is 1.96. The van der Waals surface area contributed by atoms with Crippen molar-refractivity contribution in [3.8, 4) is 10.6 Å². The van der Waals surface area contributed by atoms with Crippen molar-refractivity contribution in [2.75, 3.05) is 13.1 Å². The van der Waals surface area contributed by atoms with Crippen LogP contribution in [-0.4, -0.2) is 37.5 Å². The molecule has 28 heavy (non-hydrogen) atoms. The molecule has 0 unspecified atom stereocenters. The Labute approximate surface area is 167 Å². The summed E-state index contributed by atoms with van der Waals surface area (Å²) in [6, 6.07) is 4.36. The highest BCUT2D eigenvalue weighted by molar-refractivity contribution is 7.19. The van der Waals surface area contributed by atoms with E-state index in [1.807, 2.05) is 16.2 Å². The highest BCUT2D eigenvalue weighted by Crippen LogP contribution is 2.55. The van der Waals surface area contributed by atoms with Crippen LogP contribution in [0.2, 0.25) is 0 Å². The molecule has 3 aromatic heterocycles. The van der Waals surface area contributed by atoms with E-state index in [1.54, 1.807) is 11.3 Å². The van der Waals surface area contributed by atoms with Gasteiger partial charge < -0.3 is 5.32 Å². The molecule has 1 aromatic carbocycles. The number of benzene rings is 1. The number of nitrogens with one attached hydrogen (secondary N) is 1. The van der Waals surface area contributed by atoms with Gasteiger partial charge in [-0.3, -0.25) is 4.68 Å². The summed E-state index contributed by atoms with van der Waals surface area (Å²) in [6.07, 6.45) is 9.46. The standard InChI is InChI=1S/C21H24N6S/c1-13-7-14(8-15-11-26(2)24-18(13)15)19-25-27-12-17(23-20(27)28-19)16-9-21(10-16)3-5-22-6-4-21/h7-8,11-12,16,22H,3-6,9-10H2,1-2H3. The molecule has 1 aliphatic heterocycles. The second-order valence-electron chi connectivity index (χ2n) is 8.69. The van der Waals surface area contributed by atoms with Crippen LogP contribution >= 0.6 is 11.3 Å². The SMILES string of the molecule is Cc1cc(-c2nn3cc(C4CC5(CCNCC5)C4)nc3s2)cc2cn(C)nc12. The van der Waals surface area contributed by atoms with E-state index in [0.29, 0.717) is 11.3 Å². The second kappa shape index (κ2) is 5.87. The molecule has 6 nitrogen and oxygen atoms in total. The summed E-state index contributed by atoms with van der Waals surface area (Å²) in [5.74, 6) is 0.615. The molecule has 0 atom stereocenters. The van der Waals surface area contributed by atoms with Crippen molar-refractivity contribution in [2.45, 2.75) is 38.5 Å². The Bertz CT molecular complexity index is 1150. The van der Waals surface area contributed by atoms with Gasteiger partial charge >= 0.3 is 0 Å². The van der Waals surface area contributed by atoms with Gasteiger partial charge in [0.2, 0.25) is 4.96 Å². The van der Waals surface area contributed by atoms with E-state index in [1.165, 1.54) is 50.0 Å². The summed E-state index contributed by atoms with van der Waals surface area (Å²) in [5.41, 5.74) is 5.21. The summed E-state index contributed by atoms with van der Waals surface area (Å²) in [5, 5.41) is 15.0. The molecular formula is C21H24N6S. The molecule has 1 saturated carbocycles. The Hall–Kier alpha value is -2.25. The molecule has 2 fully saturated rings. The van der Waals surface area contributed by atoms with Crippen molar-refractivity contribution in [3.05, 3.63) is 35.8 Å². The van der Waals surface area contributed by atoms with Crippen molar-refractivity contribution in [2.24, 2.45) is 12.5 Å². The molecule has 1 N–H and O–H groups in total. The molecule has 144 valence electrons. The van der Waals surface area contributed by atoms with Crippen LogP contribution in [0.4, 0.5) is 0 Å². The molecule has 1 aliphatic carbocycles. The number of imidazole rings is 1. The Morgan fingerprint density at radius 3 is 2.75 bits per heavy atom. The van der Waals surface area contributed by atoms with E-state index in [4.69, 9.17) is 10.1 Å². The lowest BCUT2D eigenvalue weighted by Gasteiger charge is -2.50. The van der Waals surface area contributed by atoms with E-state index >= 15 is 0 Å². The number of nitrogens with zero attached hydrogens (tertiary/aromatic N) is 5. The predicted molar refractivity (Wildman–Crippen MR) is 112 cm³/mol. The predicted octanol–water partition coefficient (Wildman–Crippen LogP) is 3.90. The second-order valence-corrected chi connectivity index (χ2v) is 9.65. The summed E-state index contributed by atoms with van der Waals surface area (Å²) in [6.45, 7) is 4.47. The molecule has 1 spiro atoms. The van der Waals surface area contributed by atoms with Gasteiger partial charge in [0.1, 0.15) is 5.01 Å². The molecule has 6 rings (SSSR count). The van der Waals surface area contributed by atoms with Gasteiger partial charge in [-0.15, -0.1) is 0 Å². The molecule has 2 aliphatic rings.